The van der Waals surface area contributed by atoms with Crippen LogP contribution in [0.15, 0.2) is 16.3 Å². The van der Waals surface area contributed by atoms with Gasteiger partial charge in [-0.3, -0.25) is 4.99 Å². The number of esters is 1. The summed E-state index contributed by atoms with van der Waals surface area (Å²) in [4.78, 5) is 16.4. The lowest BCUT2D eigenvalue weighted by molar-refractivity contribution is -0.138. The maximum absolute atomic E-state index is 12.0. The van der Waals surface area contributed by atoms with Crippen molar-refractivity contribution in [2.24, 2.45) is 4.99 Å². The molecule has 0 aliphatic carbocycles. The van der Waals surface area contributed by atoms with Crippen LogP contribution in [0.1, 0.15) is 52.4 Å². The molecule has 0 saturated heterocycles. The van der Waals surface area contributed by atoms with E-state index in [1.54, 1.807) is 6.92 Å². The van der Waals surface area contributed by atoms with E-state index in [0.717, 1.165) is 44.4 Å². The van der Waals surface area contributed by atoms with Crippen molar-refractivity contribution in [3.05, 3.63) is 11.3 Å². The van der Waals surface area contributed by atoms with E-state index in [2.05, 4.69) is 4.99 Å². The number of carbonyl (C=O) groups is 1. The molecule has 4 heteroatoms. The highest BCUT2D eigenvalue weighted by Crippen LogP contribution is 2.18. The van der Waals surface area contributed by atoms with Gasteiger partial charge in [0.15, 0.2) is 0 Å². The van der Waals surface area contributed by atoms with E-state index in [1.807, 2.05) is 6.92 Å². The van der Waals surface area contributed by atoms with Crippen molar-refractivity contribution < 1.29 is 14.6 Å². The fourth-order valence-electron chi connectivity index (χ4n) is 2.05. The van der Waals surface area contributed by atoms with Crippen LogP contribution in [0.3, 0.4) is 0 Å². The quantitative estimate of drug-likeness (QED) is 0.465. The number of hydrogen-bond acceptors (Lipinski definition) is 4. The third-order valence-corrected chi connectivity index (χ3v) is 2.92. The first kappa shape index (κ1) is 14.7. The third-order valence-electron chi connectivity index (χ3n) is 2.92. The van der Waals surface area contributed by atoms with E-state index in [-0.39, 0.29) is 5.76 Å². The molecule has 1 rings (SSSR count). The van der Waals surface area contributed by atoms with E-state index in [1.165, 1.54) is 0 Å². The van der Waals surface area contributed by atoms with E-state index in [9.17, 15) is 9.90 Å². The zero-order chi connectivity index (χ0) is 13.4. The highest BCUT2D eigenvalue weighted by atomic mass is 16.5. The average Bonchev–Trinajstić information content (AvgIpc) is 2.59. The summed E-state index contributed by atoms with van der Waals surface area (Å²) < 4.78 is 5.03. The van der Waals surface area contributed by atoms with Crippen molar-refractivity contribution in [3.63, 3.8) is 0 Å². The summed E-state index contributed by atoms with van der Waals surface area (Å²) in [6.07, 6.45) is 5.23. The first-order valence-corrected chi connectivity index (χ1v) is 6.83. The van der Waals surface area contributed by atoms with Gasteiger partial charge in [0, 0.05) is 13.0 Å². The first-order valence-electron chi connectivity index (χ1n) is 6.83. The van der Waals surface area contributed by atoms with Gasteiger partial charge in [-0.25, -0.2) is 4.79 Å². The monoisotopic (exact) mass is 253 g/mol. The minimum atomic E-state index is -0.441. The molecule has 0 fully saturated rings. The average molecular weight is 253 g/mol. The Labute approximate surface area is 109 Å². The number of ether oxygens (including phenoxy) is 1. The molecule has 1 aliphatic heterocycles. The first-order chi connectivity index (χ1) is 8.70. The number of aliphatic hydroxyl groups excluding tert-OH is 1. The van der Waals surface area contributed by atoms with Gasteiger partial charge in [0.2, 0.25) is 0 Å². The molecule has 0 atom stereocenters. The van der Waals surface area contributed by atoms with Gasteiger partial charge in [-0.15, -0.1) is 0 Å². The summed E-state index contributed by atoms with van der Waals surface area (Å²) in [6.45, 7) is 4.78. The Bertz CT molecular complexity index is 345. The summed E-state index contributed by atoms with van der Waals surface area (Å²) in [7, 11) is 0. The molecule has 0 unspecified atom stereocenters. The van der Waals surface area contributed by atoms with Crippen molar-refractivity contribution >= 4 is 11.7 Å². The van der Waals surface area contributed by atoms with Crippen molar-refractivity contribution in [2.75, 3.05) is 13.2 Å². The number of carbonyl (C=O) groups excluding carboxylic acids is 1. The fraction of sp³-hybridized carbons (Fsp3) is 0.714. The molecule has 0 spiro atoms. The smallest absolute Gasteiger partial charge is 0.343 e. The second-order valence-electron chi connectivity index (χ2n) is 4.43. The Hall–Kier alpha value is -1.32. The van der Waals surface area contributed by atoms with Crippen LogP contribution in [0.25, 0.3) is 0 Å². The van der Waals surface area contributed by atoms with Gasteiger partial charge in [-0.2, -0.15) is 0 Å². The molecule has 1 aliphatic rings. The molecule has 1 heterocycles. The topological polar surface area (TPSA) is 58.9 Å². The SMILES string of the molecule is CCC/C(O)=C(\C(=O)OCC)C1=NCCCCC1. The normalized spacial score (nSPS) is 17.6. The van der Waals surface area contributed by atoms with Crippen LogP contribution in [0.2, 0.25) is 0 Å². The summed E-state index contributed by atoms with van der Waals surface area (Å²) in [5.74, 6) is -0.319. The minimum absolute atomic E-state index is 0.122. The van der Waals surface area contributed by atoms with Crippen LogP contribution in [-0.2, 0) is 9.53 Å². The number of aliphatic hydroxyl groups is 1. The molecule has 0 amide bonds. The lowest BCUT2D eigenvalue weighted by Gasteiger charge is -2.11. The molecule has 0 radical (unpaired) electrons. The second-order valence-corrected chi connectivity index (χ2v) is 4.43. The van der Waals surface area contributed by atoms with Crippen molar-refractivity contribution in [3.8, 4) is 0 Å². The number of aliphatic imine (C=N–C) groups is 1. The standard InChI is InChI=1S/C14H23NO3/c1-3-8-12(16)13(14(17)18-4-2)11-9-6-5-7-10-15-11/h16H,3-10H2,1-2H3/b13-12+. The Kier molecular flexibility index (Phi) is 6.47. The maximum Gasteiger partial charge on any atom is 0.343 e. The number of allylic oxidation sites excluding steroid dienone is 1. The molecule has 0 aromatic carbocycles. The molecule has 102 valence electrons. The van der Waals surface area contributed by atoms with Gasteiger partial charge >= 0.3 is 5.97 Å². The molecular formula is C14H23NO3. The van der Waals surface area contributed by atoms with Crippen LogP contribution in [0.4, 0.5) is 0 Å². The number of hydrogen-bond donors (Lipinski definition) is 1. The Morgan fingerprint density at radius 3 is 2.78 bits per heavy atom. The molecule has 18 heavy (non-hydrogen) atoms. The highest BCUT2D eigenvalue weighted by Gasteiger charge is 2.22. The van der Waals surface area contributed by atoms with Crippen LogP contribution in [0.5, 0.6) is 0 Å². The molecule has 1 N–H and O–H groups in total. The zero-order valence-corrected chi connectivity index (χ0v) is 11.4. The lowest BCUT2D eigenvalue weighted by Crippen LogP contribution is -2.18. The molecule has 0 aromatic heterocycles. The number of nitrogens with zero attached hydrogens (tertiary/aromatic N) is 1. The van der Waals surface area contributed by atoms with Gasteiger partial charge in [0.05, 0.1) is 12.3 Å². The summed E-state index contributed by atoms with van der Waals surface area (Å²) >= 11 is 0. The van der Waals surface area contributed by atoms with E-state index in [4.69, 9.17) is 4.74 Å². The Balaban J connectivity index is 2.99. The Morgan fingerprint density at radius 1 is 1.33 bits per heavy atom. The van der Waals surface area contributed by atoms with Crippen molar-refractivity contribution in [1.29, 1.82) is 0 Å². The summed E-state index contributed by atoms with van der Waals surface area (Å²) in [6, 6.07) is 0. The lowest BCUT2D eigenvalue weighted by atomic mass is 10.0. The molecule has 0 bridgehead atoms. The highest BCUT2D eigenvalue weighted by molar-refractivity contribution is 6.20. The van der Waals surface area contributed by atoms with Crippen LogP contribution in [0, 0.1) is 0 Å². The minimum Gasteiger partial charge on any atom is -0.511 e. The fourth-order valence-corrected chi connectivity index (χ4v) is 2.05. The molecule has 4 nitrogen and oxygen atoms in total. The van der Waals surface area contributed by atoms with Gasteiger partial charge in [0.25, 0.3) is 0 Å². The largest absolute Gasteiger partial charge is 0.511 e. The summed E-state index contributed by atoms with van der Waals surface area (Å²) in [5.41, 5.74) is 1.03. The molecule has 0 aromatic rings. The zero-order valence-electron chi connectivity index (χ0n) is 11.4. The van der Waals surface area contributed by atoms with Crippen molar-refractivity contribution in [1.82, 2.24) is 0 Å². The van der Waals surface area contributed by atoms with E-state index >= 15 is 0 Å². The van der Waals surface area contributed by atoms with Gasteiger partial charge < -0.3 is 9.84 Å². The van der Waals surface area contributed by atoms with Crippen LogP contribution >= 0.6 is 0 Å². The number of rotatable bonds is 5. The molecular weight excluding hydrogens is 230 g/mol. The van der Waals surface area contributed by atoms with Gasteiger partial charge in [-0.05, 0) is 32.6 Å². The van der Waals surface area contributed by atoms with Crippen LogP contribution < -0.4 is 0 Å². The molecule has 0 saturated carbocycles. The second kappa shape index (κ2) is 7.90. The predicted molar refractivity (Wildman–Crippen MR) is 72.0 cm³/mol. The predicted octanol–water partition coefficient (Wildman–Crippen LogP) is 3.18. The van der Waals surface area contributed by atoms with Gasteiger partial charge in [-0.1, -0.05) is 13.3 Å². The van der Waals surface area contributed by atoms with Gasteiger partial charge in [0.1, 0.15) is 11.3 Å². The van der Waals surface area contributed by atoms with Crippen molar-refractivity contribution in [2.45, 2.75) is 52.4 Å². The van der Waals surface area contributed by atoms with E-state index < -0.39 is 5.97 Å². The maximum atomic E-state index is 12.0. The van der Waals surface area contributed by atoms with E-state index in [0.29, 0.717) is 18.6 Å². The Morgan fingerprint density at radius 2 is 2.11 bits per heavy atom. The van der Waals surface area contributed by atoms with Crippen LogP contribution in [-0.4, -0.2) is 29.9 Å². The summed E-state index contributed by atoms with van der Waals surface area (Å²) in [5, 5.41) is 10.0. The third kappa shape index (κ3) is 4.17.